The molecule has 1 amide bonds. The number of fused-ring (bicyclic) bond motifs is 2. The lowest BCUT2D eigenvalue weighted by Crippen LogP contribution is -2.37. The summed E-state index contributed by atoms with van der Waals surface area (Å²) in [6.45, 7) is 7.81. The van der Waals surface area contributed by atoms with Gasteiger partial charge >= 0.3 is 0 Å². The van der Waals surface area contributed by atoms with Gasteiger partial charge in [0, 0.05) is 18.8 Å². The molecule has 1 saturated heterocycles. The summed E-state index contributed by atoms with van der Waals surface area (Å²) in [6, 6.07) is 3.84. The number of nitrogen functional groups attached to an aromatic ring is 1. The predicted molar refractivity (Wildman–Crippen MR) is 79.2 cm³/mol. The standard InChI is InChI=1S/C16H23N3O/c1-15(2)6-12-7-16(3,9-15)10-19(12)14(20)11-4-5-13(17)18-8-11/h4-5,8,12H,6-7,9-10H2,1-3H3,(H2,17,18). The lowest BCUT2D eigenvalue weighted by atomic mass is 9.65. The van der Waals surface area contributed by atoms with Crippen molar-refractivity contribution in [3.05, 3.63) is 23.9 Å². The molecule has 2 heterocycles. The summed E-state index contributed by atoms with van der Waals surface area (Å²) in [6.07, 6.45) is 5.01. The van der Waals surface area contributed by atoms with E-state index in [-0.39, 0.29) is 11.3 Å². The Morgan fingerprint density at radius 3 is 2.75 bits per heavy atom. The first-order valence-corrected chi connectivity index (χ1v) is 7.31. The normalized spacial score (nSPS) is 31.4. The van der Waals surface area contributed by atoms with Gasteiger partial charge in [0.2, 0.25) is 0 Å². The van der Waals surface area contributed by atoms with E-state index >= 15 is 0 Å². The van der Waals surface area contributed by atoms with Crippen molar-refractivity contribution in [1.29, 1.82) is 0 Å². The largest absolute Gasteiger partial charge is 0.384 e. The van der Waals surface area contributed by atoms with E-state index in [9.17, 15) is 4.79 Å². The van der Waals surface area contributed by atoms with Gasteiger partial charge in [-0.3, -0.25) is 4.79 Å². The van der Waals surface area contributed by atoms with E-state index in [0.717, 1.165) is 19.4 Å². The summed E-state index contributed by atoms with van der Waals surface area (Å²) in [4.78, 5) is 18.8. The molecule has 1 aliphatic carbocycles. The third kappa shape index (κ3) is 2.28. The van der Waals surface area contributed by atoms with Crippen LogP contribution in [0.25, 0.3) is 0 Å². The van der Waals surface area contributed by atoms with Crippen LogP contribution in [0, 0.1) is 10.8 Å². The Bertz CT molecular complexity index is 537. The summed E-state index contributed by atoms with van der Waals surface area (Å²) < 4.78 is 0. The number of hydrogen-bond donors (Lipinski definition) is 1. The average Bonchev–Trinajstić information content (AvgIpc) is 2.58. The number of rotatable bonds is 1. The van der Waals surface area contributed by atoms with E-state index < -0.39 is 0 Å². The highest BCUT2D eigenvalue weighted by atomic mass is 16.2. The van der Waals surface area contributed by atoms with E-state index in [4.69, 9.17) is 5.73 Å². The SMILES string of the molecule is CC1(C)CC2CC(C)(CN2C(=O)c2ccc(N)nc2)C1. The first kappa shape index (κ1) is 13.4. The maximum Gasteiger partial charge on any atom is 0.255 e. The van der Waals surface area contributed by atoms with Crippen LogP contribution in [-0.4, -0.2) is 28.4 Å². The molecule has 2 N–H and O–H groups in total. The van der Waals surface area contributed by atoms with Crippen LogP contribution in [0.2, 0.25) is 0 Å². The summed E-state index contributed by atoms with van der Waals surface area (Å²) in [5, 5.41) is 0. The van der Waals surface area contributed by atoms with Crippen LogP contribution < -0.4 is 5.73 Å². The Labute approximate surface area is 120 Å². The highest BCUT2D eigenvalue weighted by Crippen LogP contribution is 2.52. The number of likely N-dealkylation sites (tertiary alicyclic amines) is 1. The number of nitrogens with zero attached hydrogens (tertiary/aromatic N) is 2. The second-order valence-corrected chi connectivity index (χ2v) is 7.62. The number of anilines is 1. The maximum atomic E-state index is 12.7. The molecule has 1 aliphatic heterocycles. The van der Waals surface area contributed by atoms with Crippen molar-refractivity contribution < 1.29 is 4.79 Å². The van der Waals surface area contributed by atoms with Gasteiger partial charge in [-0.05, 0) is 42.2 Å². The molecular formula is C16H23N3O. The second kappa shape index (κ2) is 4.21. The number of amides is 1. The lowest BCUT2D eigenvalue weighted by molar-refractivity contribution is 0.0708. The highest BCUT2D eigenvalue weighted by molar-refractivity contribution is 5.94. The predicted octanol–water partition coefficient (Wildman–Crippen LogP) is 2.70. The van der Waals surface area contributed by atoms with Gasteiger partial charge < -0.3 is 10.6 Å². The van der Waals surface area contributed by atoms with Gasteiger partial charge in [0.15, 0.2) is 0 Å². The topological polar surface area (TPSA) is 59.2 Å². The van der Waals surface area contributed by atoms with Crippen molar-refractivity contribution in [3.8, 4) is 0 Å². The first-order valence-electron chi connectivity index (χ1n) is 7.31. The maximum absolute atomic E-state index is 12.7. The molecule has 0 aromatic carbocycles. The van der Waals surface area contributed by atoms with Gasteiger partial charge in [-0.2, -0.15) is 0 Å². The van der Waals surface area contributed by atoms with E-state index in [2.05, 4.69) is 30.7 Å². The fourth-order valence-corrected chi connectivity index (χ4v) is 4.39. The molecule has 20 heavy (non-hydrogen) atoms. The first-order chi connectivity index (χ1) is 9.28. The summed E-state index contributed by atoms with van der Waals surface area (Å²) in [5.41, 5.74) is 6.83. The molecule has 1 aromatic rings. The van der Waals surface area contributed by atoms with Gasteiger partial charge in [-0.1, -0.05) is 20.8 Å². The zero-order chi connectivity index (χ0) is 14.5. The molecular weight excluding hydrogens is 250 g/mol. The molecule has 1 aromatic heterocycles. The minimum atomic E-state index is 0.101. The molecule has 1 saturated carbocycles. The number of nitrogens with two attached hydrogens (primary N) is 1. The molecule has 4 heteroatoms. The fourth-order valence-electron chi connectivity index (χ4n) is 4.39. The van der Waals surface area contributed by atoms with E-state index in [1.54, 1.807) is 18.3 Å². The monoisotopic (exact) mass is 273 g/mol. The Hall–Kier alpha value is -1.58. The molecule has 4 nitrogen and oxygen atoms in total. The smallest absolute Gasteiger partial charge is 0.255 e. The van der Waals surface area contributed by atoms with Crippen LogP contribution >= 0.6 is 0 Å². The number of aromatic nitrogens is 1. The van der Waals surface area contributed by atoms with Crippen molar-refractivity contribution >= 4 is 11.7 Å². The van der Waals surface area contributed by atoms with Gasteiger partial charge in [0.05, 0.1) is 5.56 Å². The van der Waals surface area contributed by atoms with E-state index in [1.165, 1.54) is 6.42 Å². The summed E-state index contributed by atoms with van der Waals surface area (Å²) in [7, 11) is 0. The van der Waals surface area contributed by atoms with Gasteiger partial charge in [-0.15, -0.1) is 0 Å². The molecule has 0 radical (unpaired) electrons. The minimum Gasteiger partial charge on any atom is -0.384 e. The van der Waals surface area contributed by atoms with Crippen LogP contribution in [0.4, 0.5) is 5.82 Å². The molecule has 108 valence electrons. The second-order valence-electron chi connectivity index (χ2n) is 7.62. The number of carbonyl (C=O) groups is 1. The quantitative estimate of drug-likeness (QED) is 0.856. The minimum absolute atomic E-state index is 0.101. The third-order valence-corrected chi connectivity index (χ3v) is 4.71. The third-order valence-electron chi connectivity index (χ3n) is 4.71. The number of carbonyl (C=O) groups excluding carboxylic acids is 1. The Morgan fingerprint density at radius 2 is 2.10 bits per heavy atom. The molecule has 3 rings (SSSR count). The zero-order valence-electron chi connectivity index (χ0n) is 12.5. The molecule has 2 unspecified atom stereocenters. The lowest BCUT2D eigenvalue weighted by Gasteiger charge is -2.39. The summed E-state index contributed by atoms with van der Waals surface area (Å²) in [5.74, 6) is 0.554. The summed E-state index contributed by atoms with van der Waals surface area (Å²) >= 11 is 0. The van der Waals surface area contributed by atoms with Crippen LogP contribution in [0.3, 0.4) is 0 Å². The van der Waals surface area contributed by atoms with Crippen molar-refractivity contribution in [2.45, 2.75) is 46.1 Å². The van der Waals surface area contributed by atoms with Gasteiger partial charge in [0.25, 0.3) is 5.91 Å². The number of hydrogen-bond acceptors (Lipinski definition) is 3. The molecule has 2 atom stereocenters. The zero-order valence-corrected chi connectivity index (χ0v) is 12.5. The molecule has 2 aliphatic rings. The van der Waals surface area contributed by atoms with E-state index in [0.29, 0.717) is 22.8 Å². The van der Waals surface area contributed by atoms with E-state index in [1.807, 2.05) is 0 Å². The van der Waals surface area contributed by atoms with Crippen LogP contribution in [0.5, 0.6) is 0 Å². The van der Waals surface area contributed by atoms with Crippen molar-refractivity contribution in [1.82, 2.24) is 9.88 Å². The average molecular weight is 273 g/mol. The number of pyridine rings is 1. The Morgan fingerprint density at radius 1 is 1.35 bits per heavy atom. The van der Waals surface area contributed by atoms with Crippen LogP contribution in [0.15, 0.2) is 18.3 Å². The Kier molecular flexibility index (Phi) is 2.82. The molecule has 2 bridgehead atoms. The van der Waals surface area contributed by atoms with Crippen LogP contribution in [-0.2, 0) is 0 Å². The fraction of sp³-hybridized carbons (Fsp3) is 0.625. The molecule has 2 fully saturated rings. The van der Waals surface area contributed by atoms with Crippen molar-refractivity contribution in [2.24, 2.45) is 10.8 Å². The van der Waals surface area contributed by atoms with Crippen molar-refractivity contribution in [2.75, 3.05) is 12.3 Å². The van der Waals surface area contributed by atoms with Crippen molar-refractivity contribution in [3.63, 3.8) is 0 Å². The van der Waals surface area contributed by atoms with Gasteiger partial charge in [-0.25, -0.2) is 4.98 Å². The highest BCUT2D eigenvalue weighted by Gasteiger charge is 2.50. The van der Waals surface area contributed by atoms with Gasteiger partial charge in [0.1, 0.15) is 5.82 Å². The van der Waals surface area contributed by atoms with Crippen LogP contribution in [0.1, 0.15) is 50.4 Å². The molecule has 0 spiro atoms. The Balaban J connectivity index is 1.85.